The molecule has 0 N–H and O–H groups in total. The first-order valence-corrected chi connectivity index (χ1v) is 10.3. The Morgan fingerprint density at radius 1 is 0.821 bits per heavy atom. The van der Waals surface area contributed by atoms with Gasteiger partial charge in [-0.1, -0.05) is 61.5 Å². The van der Waals surface area contributed by atoms with Crippen LogP contribution < -0.4 is 0 Å². The first-order valence-electron chi connectivity index (χ1n) is 10.3. The standard InChI is InChI=1S/C21H37BO6/c1-10-11-22-27-18(20(23)25-16(12(2)3)13(4)5)19(28-22)21(24)26-17(14(6)7)15(8)9/h10,12-19H,1,11H2,2-9H3/t18-,19-/m1/s1. The van der Waals surface area contributed by atoms with Gasteiger partial charge in [-0.3, -0.25) is 0 Å². The maximum absolute atomic E-state index is 12.8. The maximum atomic E-state index is 12.8. The highest BCUT2D eigenvalue weighted by molar-refractivity contribution is 6.46. The summed E-state index contributed by atoms with van der Waals surface area (Å²) in [7, 11) is -0.722. The van der Waals surface area contributed by atoms with Gasteiger partial charge in [0, 0.05) is 6.32 Å². The van der Waals surface area contributed by atoms with Crippen molar-refractivity contribution in [2.45, 2.75) is 86.1 Å². The van der Waals surface area contributed by atoms with E-state index in [0.717, 1.165) is 0 Å². The van der Waals surface area contributed by atoms with Crippen LogP contribution in [0.2, 0.25) is 6.32 Å². The molecule has 0 radical (unpaired) electrons. The van der Waals surface area contributed by atoms with Gasteiger partial charge in [-0.15, -0.1) is 6.58 Å². The molecule has 0 saturated carbocycles. The molecule has 0 aliphatic carbocycles. The van der Waals surface area contributed by atoms with Crippen molar-refractivity contribution in [3.8, 4) is 0 Å². The van der Waals surface area contributed by atoms with Crippen LogP contribution in [0.25, 0.3) is 0 Å². The number of hydrogen-bond donors (Lipinski definition) is 0. The molecule has 0 amide bonds. The van der Waals surface area contributed by atoms with E-state index in [1.165, 1.54) is 0 Å². The fourth-order valence-electron chi connectivity index (χ4n) is 3.59. The summed E-state index contributed by atoms with van der Waals surface area (Å²) in [5.74, 6) is -0.601. The summed E-state index contributed by atoms with van der Waals surface area (Å²) >= 11 is 0. The number of hydrogen-bond acceptors (Lipinski definition) is 6. The molecule has 0 aromatic rings. The summed E-state index contributed by atoms with van der Waals surface area (Å²) in [4.78, 5) is 25.6. The number of esters is 2. The van der Waals surface area contributed by atoms with Gasteiger partial charge in [0.05, 0.1) is 0 Å². The van der Waals surface area contributed by atoms with Gasteiger partial charge in [0.15, 0.2) is 12.2 Å². The summed E-state index contributed by atoms with van der Waals surface area (Å²) in [5, 5.41) is 0. The zero-order valence-electron chi connectivity index (χ0n) is 18.6. The Hall–Kier alpha value is -1.34. The summed E-state index contributed by atoms with van der Waals surface area (Å²) in [6.07, 6.45) is -0.842. The quantitative estimate of drug-likeness (QED) is 0.317. The van der Waals surface area contributed by atoms with Gasteiger partial charge in [0.25, 0.3) is 0 Å². The molecule has 0 bridgehead atoms. The second-order valence-electron chi connectivity index (χ2n) is 8.85. The normalized spacial score (nSPS) is 20.1. The monoisotopic (exact) mass is 396 g/mol. The highest BCUT2D eigenvalue weighted by Crippen LogP contribution is 2.26. The van der Waals surface area contributed by atoms with Crippen molar-refractivity contribution >= 4 is 19.1 Å². The van der Waals surface area contributed by atoms with Crippen molar-refractivity contribution in [2.24, 2.45) is 23.7 Å². The van der Waals surface area contributed by atoms with E-state index in [9.17, 15) is 9.59 Å². The molecule has 0 spiro atoms. The van der Waals surface area contributed by atoms with Gasteiger partial charge in [0.1, 0.15) is 12.2 Å². The van der Waals surface area contributed by atoms with Crippen LogP contribution in [0.3, 0.4) is 0 Å². The van der Waals surface area contributed by atoms with Crippen molar-refractivity contribution in [3.05, 3.63) is 12.7 Å². The summed E-state index contributed by atoms with van der Waals surface area (Å²) in [5.41, 5.74) is 0. The second-order valence-corrected chi connectivity index (χ2v) is 8.85. The summed E-state index contributed by atoms with van der Waals surface area (Å²) in [6, 6.07) is 0. The lowest BCUT2D eigenvalue weighted by Crippen LogP contribution is -2.44. The molecule has 0 aromatic carbocycles. The number of carbonyl (C=O) groups is 2. The topological polar surface area (TPSA) is 71.1 Å². The van der Waals surface area contributed by atoms with Crippen LogP contribution in [-0.2, 0) is 28.4 Å². The molecule has 1 fully saturated rings. The van der Waals surface area contributed by atoms with Gasteiger partial charge < -0.3 is 18.8 Å². The van der Waals surface area contributed by atoms with Crippen molar-refractivity contribution in [1.82, 2.24) is 0 Å². The van der Waals surface area contributed by atoms with Gasteiger partial charge in [-0.2, -0.15) is 0 Å². The number of carbonyl (C=O) groups excluding carboxylic acids is 2. The van der Waals surface area contributed by atoms with Gasteiger partial charge in [-0.25, -0.2) is 9.59 Å². The predicted octanol–water partition coefficient (Wildman–Crippen LogP) is 3.89. The van der Waals surface area contributed by atoms with Gasteiger partial charge in [0.2, 0.25) is 0 Å². The predicted molar refractivity (Wildman–Crippen MR) is 110 cm³/mol. The lowest BCUT2D eigenvalue weighted by Gasteiger charge is -2.28. The Balaban J connectivity index is 2.97. The molecular weight excluding hydrogens is 359 g/mol. The van der Waals surface area contributed by atoms with Crippen molar-refractivity contribution in [3.63, 3.8) is 0 Å². The second kappa shape index (κ2) is 11.0. The molecule has 7 heteroatoms. The van der Waals surface area contributed by atoms with Crippen molar-refractivity contribution in [2.75, 3.05) is 0 Å². The molecule has 28 heavy (non-hydrogen) atoms. The SMILES string of the molecule is C=CCB1O[C@@H](C(=O)OC(C(C)C)C(C)C)[C@H](C(=O)OC(C(C)C)C(C)C)O1. The van der Waals surface area contributed by atoms with E-state index in [-0.39, 0.29) is 35.9 Å². The van der Waals surface area contributed by atoms with Crippen LogP contribution in [0.5, 0.6) is 0 Å². The lowest BCUT2D eigenvalue weighted by molar-refractivity contribution is -0.174. The van der Waals surface area contributed by atoms with E-state index in [0.29, 0.717) is 6.32 Å². The molecule has 6 nitrogen and oxygen atoms in total. The Morgan fingerprint density at radius 3 is 1.39 bits per heavy atom. The van der Waals surface area contributed by atoms with Crippen molar-refractivity contribution < 1.29 is 28.4 Å². The third-order valence-corrected chi connectivity index (χ3v) is 4.83. The molecule has 0 unspecified atom stereocenters. The highest BCUT2D eigenvalue weighted by Gasteiger charge is 2.49. The molecule has 1 saturated heterocycles. The van der Waals surface area contributed by atoms with E-state index in [1.54, 1.807) is 6.08 Å². The summed E-state index contributed by atoms with van der Waals surface area (Å²) < 4.78 is 22.8. The average molecular weight is 396 g/mol. The van der Waals surface area contributed by atoms with Gasteiger partial charge in [-0.05, 0) is 23.7 Å². The number of allylic oxidation sites excluding steroid dienone is 1. The molecule has 1 heterocycles. The Kier molecular flexibility index (Phi) is 9.71. The van der Waals surface area contributed by atoms with Crippen LogP contribution in [-0.4, -0.2) is 43.5 Å². The van der Waals surface area contributed by atoms with Crippen molar-refractivity contribution in [1.29, 1.82) is 0 Å². The minimum Gasteiger partial charge on any atom is -0.460 e. The van der Waals surface area contributed by atoms with E-state index >= 15 is 0 Å². The summed E-state index contributed by atoms with van der Waals surface area (Å²) in [6.45, 7) is 19.6. The average Bonchev–Trinajstić information content (AvgIpc) is 3.00. The molecule has 2 atom stereocenters. The Labute approximate surface area is 170 Å². The zero-order valence-corrected chi connectivity index (χ0v) is 18.6. The number of rotatable bonds is 10. The minimum atomic E-state index is -1.14. The van der Waals surface area contributed by atoms with Crippen LogP contribution in [0.15, 0.2) is 12.7 Å². The van der Waals surface area contributed by atoms with E-state index < -0.39 is 31.3 Å². The van der Waals surface area contributed by atoms with Crippen LogP contribution in [0.4, 0.5) is 0 Å². The smallest absolute Gasteiger partial charge is 0.460 e. The Morgan fingerprint density at radius 2 is 1.14 bits per heavy atom. The van der Waals surface area contributed by atoms with Crippen LogP contribution >= 0.6 is 0 Å². The molecule has 1 aliphatic rings. The molecule has 1 aliphatic heterocycles. The lowest BCUT2D eigenvalue weighted by atomic mass is 9.85. The van der Waals surface area contributed by atoms with E-state index in [4.69, 9.17) is 18.8 Å². The number of ether oxygens (including phenoxy) is 2. The molecule has 0 aromatic heterocycles. The molecule has 160 valence electrons. The van der Waals surface area contributed by atoms with E-state index in [2.05, 4.69) is 6.58 Å². The first-order chi connectivity index (χ1) is 13.0. The maximum Gasteiger partial charge on any atom is 0.462 e. The highest BCUT2D eigenvalue weighted by atomic mass is 16.7. The van der Waals surface area contributed by atoms with Crippen LogP contribution in [0.1, 0.15) is 55.4 Å². The fraction of sp³-hybridized carbons (Fsp3) is 0.810. The molecular formula is C21H37BO6. The third kappa shape index (κ3) is 6.62. The van der Waals surface area contributed by atoms with Gasteiger partial charge >= 0.3 is 19.1 Å². The molecule has 1 rings (SSSR count). The fourth-order valence-corrected chi connectivity index (χ4v) is 3.59. The minimum absolute atomic E-state index is 0.145. The largest absolute Gasteiger partial charge is 0.462 e. The van der Waals surface area contributed by atoms with Crippen LogP contribution in [0, 0.1) is 23.7 Å². The van der Waals surface area contributed by atoms with E-state index in [1.807, 2.05) is 55.4 Å². The Bertz CT molecular complexity index is 473. The first kappa shape index (κ1) is 24.7. The third-order valence-electron chi connectivity index (χ3n) is 4.83. The zero-order chi connectivity index (χ0) is 21.6.